The SMILES string of the molecule is COC(=O)C1=C(C)N(c2ccc(C)cc2)C(=S)N[C@@H]1c1ccc(OC(F)F)cc1. The first-order valence-corrected chi connectivity index (χ1v) is 9.23. The van der Waals surface area contributed by atoms with Gasteiger partial charge in [-0.1, -0.05) is 29.8 Å². The van der Waals surface area contributed by atoms with Gasteiger partial charge >= 0.3 is 12.6 Å². The second-order valence-corrected chi connectivity index (χ2v) is 6.88. The summed E-state index contributed by atoms with van der Waals surface area (Å²) >= 11 is 5.56. The number of esters is 1. The van der Waals surface area contributed by atoms with Crippen LogP contribution >= 0.6 is 12.2 Å². The second-order valence-electron chi connectivity index (χ2n) is 6.49. The highest BCUT2D eigenvalue weighted by molar-refractivity contribution is 7.80. The molecule has 1 atom stereocenters. The van der Waals surface area contributed by atoms with Gasteiger partial charge in [-0.2, -0.15) is 8.78 Å². The number of methoxy groups -OCH3 is 1. The first-order chi connectivity index (χ1) is 13.8. The molecule has 0 aromatic heterocycles. The first kappa shape index (κ1) is 20.7. The number of aryl methyl sites for hydroxylation is 1. The number of alkyl halides is 2. The van der Waals surface area contributed by atoms with Crippen molar-refractivity contribution in [2.45, 2.75) is 26.5 Å². The number of carbonyl (C=O) groups excluding carboxylic acids is 1. The molecule has 2 aromatic carbocycles. The molecule has 1 heterocycles. The summed E-state index contributed by atoms with van der Waals surface area (Å²) in [6.45, 7) is 0.869. The van der Waals surface area contributed by atoms with Crippen LogP contribution in [0.1, 0.15) is 24.1 Å². The topological polar surface area (TPSA) is 50.8 Å². The van der Waals surface area contributed by atoms with Crippen LogP contribution in [-0.2, 0) is 9.53 Å². The van der Waals surface area contributed by atoms with Crippen LogP contribution in [0.25, 0.3) is 0 Å². The van der Waals surface area contributed by atoms with Crippen molar-refractivity contribution in [3.05, 3.63) is 70.9 Å². The van der Waals surface area contributed by atoms with Crippen molar-refractivity contribution in [3.63, 3.8) is 0 Å². The number of ether oxygens (including phenoxy) is 2. The Morgan fingerprint density at radius 3 is 2.28 bits per heavy atom. The largest absolute Gasteiger partial charge is 0.466 e. The summed E-state index contributed by atoms with van der Waals surface area (Å²) in [5.41, 5.74) is 3.58. The molecule has 2 aromatic rings. The minimum atomic E-state index is -2.91. The van der Waals surface area contributed by atoms with E-state index in [0.29, 0.717) is 21.9 Å². The lowest BCUT2D eigenvalue weighted by Crippen LogP contribution is -2.48. The fourth-order valence-corrected chi connectivity index (χ4v) is 3.57. The van der Waals surface area contributed by atoms with Crippen molar-refractivity contribution in [2.75, 3.05) is 12.0 Å². The van der Waals surface area contributed by atoms with E-state index in [1.807, 2.05) is 31.2 Å². The van der Waals surface area contributed by atoms with Crippen LogP contribution in [0.5, 0.6) is 5.75 Å². The molecule has 1 N–H and O–H groups in total. The van der Waals surface area contributed by atoms with Crippen LogP contribution in [0, 0.1) is 6.92 Å². The van der Waals surface area contributed by atoms with Gasteiger partial charge in [-0.05, 0) is 55.9 Å². The molecule has 5 nitrogen and oxygen atoms in total. The van der Waals surface area contributed by atoms with Gasteiger partial charge in [0.1, 0.15) is 5.75 Å². The van der Waals surface area contributed by atoms with Crippen LogP contribution in [-0.4, -0.2) is 24.8 Å². The number of thiocarbonyl (C=S) groups is 1. The van der Waals surface area contributed by atoms with E-state index in [4.69, 9.17) is 17.0 Å². The van der Waals surface area contributed by atoms with Gasteiger partial charge in [-0.3, -0.25) is 4.90 Å². The smallest absolute Gasteiger partial charge is 0.387 e. The van der Waals surface area contributed by atoms with E-state index in [9.17, 15) is 13.6 Å². The van der Waals surface area contributed by atoms with Gasteiger partial charge in [0.25, 0.3) is 0 Å². The Labute approximate surface area is 172 Å². The molecule has 3 rings (SSSR count). The van der Waals surface area contributed by atoms with Crippen molar-refractivity contribution in [3.8, 4) is 5.75 Å². The Morgan fingerprint density at radius 2 is 1.72 bits per heavy atom. The van der Waals surface area contributed by atoms with E-state index < -0.39 is 18.6 Å². The van der Waals surface area contributed by atoms with Crippen LogP contribution in [0.15, 0.2) is 59.8 Å². The van der Waals surface area contributed by atoms with E-state index in [0.717, 1.165) is 11.3 Å². The average molecular weight is 418 g/mol. The number of halogens is 2. The predicted molar refractivity (Wildman–Crippen MR) is 110 cm³/mol. The van der Waals surface area contributed by atoms with Crippen molar-refractivity contribution in [1.29, 1.82) is 0 Å². The molecular weight excluding hydrogens is 398 g/mol. The molecule has 0 aliphatic carbocycles. The minimum absolute atomic E-state index is 0.0312. The number of allylic oxidation sites excluding steroid dienone is 1. The van der Waals surface area contributed by atoms with Gasteiger partial charge in [-0.25, -0.2) is 4.79 Å². The molecule has 0 saturated heterocycles. The third-order valence-electron chi connectivity index (χ3n) is 4.62. The minimum Gasteiger partial charge on any atom is -0.466 e. The molecule has 0 amide bonds. The van der Waals surface area contributed by atoms with Crippen molar-refractivity contribution in [1.82, 2.24) is 5.32 Å². The fourth-order valence-electron chi connectivity index (χ4n) is 3.21. The van der Waals surface area contributed by atoms with Gasteiger partial charge < -0.3 is 14.8 Å². The van der Waals surface area contributed by atoms with Crippen molar-refractivity contribution >= 4 is 29.0 Å². The molecule has 0 fully saturated rings. The summed E-state index contributed by atoms with van der Waals surface area (Å²) in [5, 5.41) is 3.58. The zero-order chi connectivity index (χ0) is 21.1. The number of hydrogen-bond acceptors (Lipinski definition) is 4. The van der Waals surface area contributed by atoms with E-state index in [-0.39, 0.29) is 5.75 Å². The summed E-state index contributed by atoms with van der Waals surface area (Å²) in [7, 11) is 1.31. The summed E-state index contributed by atoms with van der Waals surface area (Å²) in [6.07, 6.45) is 0. The summed E-state index contributed by atoms with van der Waals surface area (Å²) in [4.78, 5) is 14.4. The molecule has 0 radical (unpaired) electrons. The van der Waals surface area contributed by atoms with E-state index in [1.54, 1.807) is 24.0 Å². The highest BCUT2D eigenvalue weighted by atomic mass is 32.1. The lowest BCUT2D eigenvalue weighted by molar-refractivity contribution is -0.136. The number of benzene rings is 2. The zero-order valence-corrected chi connectivity index (χ0v) is 16.9. The van der Waals surface area contributed by atoms with Crippen molar-refractivity contribution < 1.29 is 23.0 Å². The predicted octanol–water partition coefficient (Wildman–Crippen LogP) is 4.48. The van der Waals surface area contributed by atoms with Crippen LogP contribution in [0.2, 0.25) is 0 Å². The zero-order valence-electron chi connectivity index (χ0n) is 16.1. The standard InChI is InChI=1S/C21H20F2N2O3S/c1-12-4-8-15(9-5-12)25-13(2)17(19(26)27-3)18(24-21(25)29)14-6-10-16(11-7-14)28-20(22)23/h4-11,18,20H,1-3H3,(H,24,29)/t18-/m1/s1. The van der Waals surface area contributed by atoms with Gasteiger partial charge in [0, 0.05) is 11.4 Å². The fraction of sp³-hybridized carbons (Fsp3) is 0.238. The number of carbonyl (C=O) groups is 1. The first-order valence-electron chi connectivity index (χ1n) is 8.83. The van der Waals surface area contributed by atoms with Crippen LogP contribution in [0.4, 0.5) is 14.5 Å². The Bertz CT molecular complexity index is 943. The normalized spacial score (nSPS) is 16.7. The molecule has 0 bridgehead atoms. The van der Waals surface area contributed by atoms with Gasteiger partial charge in [0.15, 0.2) is 5.11 Å². The third kappa shape index (κ3) is 4.37. The molecular formula is C21H20F2N2O3S. The quantitative estimate of drug-likeness (QED) is 0.571. The monoisotopic (exact) mass is 418 g/mol. The van der Waals surface area contributed by atoms with Crippen LogP contribution < -0.4 is 15.0 Å². The Balaban J connectivity index is 2.03. The number of rotatable bonds is 5. The Morgan fingerprint density at radius 1 is 1.10 bits per heavy atom. The lowest BCUT2D eigenvalue weighted by atomic mass is 9.94. The van der Waals surface area contributed by atoms with Gasteiger partial charge in [0.05, 0.1) is 18.7 Å². The second kappa shape index (κ2) is 8.57. The Hall–Kier alpha value is -3.00. The highest BCUT2D eigenvalue weighted by Gasteiger charge is 2.35. The maximum absolute atomic E-state index is 12.6. The summed E-state index contributed by atoms with van der Waals surface area (Å²) in [5.74, 6) is -0.476. The Kier molecular flexibility index (Phi) is 6.12. The molecule has 8 heteroatoms. The molecule has 1 aliphatic heterocycles. The van der Waals surface area contributed by atoms with E-state index in [1.165, 1.54) is 19.2 Å². The number of nitrogens with zero attached hydrogens (tertiary/aromatic N) is 1. The van der Waals surface area contributed by atoms with E-state index >= 15 is 0 Å². The molecule has 152 valence electrons. The number of hydrogen-bond donors (Lipinski definition) is 1. The molecule has 0 saturated carbocycles. The maximum Gasteiger partial charge on any atom is 0.387 e. The summed E-state index contributed by atoms with van der Waals surface area (Å²) in [6, 6.07) is 13.2. The summed E-state index contributed by atoms with van der Waals surface area (Å²) < 4.78 is 34.2. The molecule has 0 unspecified atom stereocenters. The molecule has 1 aliphatic rings. The van der Waals surface area contributed by atoms with Gasteiger partial charge in [0.2, 0.25) is 0 Å². The highest BCUT2D eigenvalue weighted by Crippen LogP contribution is 2.34. The van der Waals surface area contributed by atoms with Gasteiger partial charge in [-0.15, -0.1) is 0 Å². The average Bonchev–Trinajstić information content (AvgIpc) is 2.68. The molecule has 0 spiro atoms. The number of nitrogens with one attached hydrogen (secondary N) is 1. The van der Waals surface area contributed by atoms with Crippen molar-refractivity contribution in [2.24, 2.45) is 0 Å². The lowest BCUT2D eigenvalue weighted by Gasteiger charge is -2.37. The van der Waals surface area contributed by atoms with Crippen LogP contribution in [0.3, 0.4) is 0 Å². The number of anilines is 1. The maximum atomic E-state index is 12.6. The van der Waals surface area contributed by atoms with E-state index in [2.05, 4.69) is 10.1 Å². The third-order valence-corrected chi connectivity index (χ3v) is 4.92. The molecule has 29 heavy (non-hydrogen) atoms.